The first kappa shape index (κ1) is 21.8. The Morgan fingerprint density at radius 2 is 1.79 bits per heavy atom. The van der Waals surface area contributed by atoms with Gasteiger partial charge < -0.3 is 10.2 Å². The first-order chi connectivity index (χ1) is 15.8. The fourth-order valence-corrected chi connectivity index (χ4v) is 5.92. The minimum absolute atomic E-state index is 0.202. The molecule has 0 aliphatic carbocycles. The third-order valence-corrected chi connectivity index (χ3v) is 7.12. The molecule has 33 heavy (non-hydrogen) atoms. The molecule has 4 atom stereocenters. The summed E-state index contributed by atoms with van der Waals surface area (Å²) in [4.78, 5) is 55.3. The Morgan fingerprint density at radius 1 is 1.09 bits per heavy atom. The lowest BCUT2D eigenvalue weighted by Crippen LogP contribution is -2.55. The van der Waals surface area contributed by atoms with E-state index in [1.165, 1.54) is 11.8 Å². The molecule has 3 heterocycles. The van der Waals surface area contributed by atoms with Gasteiger partial charge in [-0.15, -0.1) is 0 Å². The summed E-state index contributed by atoms with van der Waals surface area (Å²) in [5.74, 6) is -2.63. The van der Waals surface area contributed by atoms with Gasteiger partial charge in [0.25, 0.3) is 5.91 Å². The lowest BCUT2D eigenvalue weighted by molar-refractivity contribution is -0.132. The largest absolute Gasteiger partial charge is 0.326 e. The number of carbonyl (C=O) groups is 4. The molecule has 3 aliphatic heterocycles. The number of halogens is 1. The maximum absolute atomic E-state index is 13.8. The zero-order valence-electron chi connectivity index (χ0n) is 18.2. The highest BCUT2D eigenvalue weighted by molar-refractivity contribution is 9.09. The number of amides is 4. The molecule has 2 N–H and O–H groups in total. The van der Waals surface area contributed by atoms with E-state index in [9.17, 15) is 19.2 Å². The van der Waals surface area contributed by atoms with Crippen LogP contribution < -0.4 is 20.4 Å². The van der Waals surface area contributed by atoms with Crippen LogP contribution in [-0.2, 0) is 24.7 Å². The third-order valence-electron chi connectivity index (χ3n) is 6.77. The second-order valence-corrected chi connectivity index (χ2v) is 9.44. The van der Waals surface area contributed by atoms with Gasteiger partial charge in [-0.2, -0.15) is 0 Å². The molecular weight excluding hydrogens is 488 g/mol. The zero-order chi connectivity index (χ0) is 23.5. The van der Waals surface area contributed by atoms with Gasteiger partial charge in [-0.1, -0.05) is 34.1 Å². The normalized spacial score (nSPS) is 28.0. The topological polar surface area (TPSA) is 98.8 Å². The molecule has 2 fully saturated rings. The fourth-order valence-electron chi connectivity index (χ4n) is 5.57. The van der Waals surface area contributed by atoms with Gasteiger partial charge in [0, 0.05) is 41.8 Å². The van der Waals surface area contributed by atoms with Crippen LogP contribution in [0.1, 0.15) is 19.4 Å². The Kier molecular flexibility index (Phi) is 5.13. The minimum atomic E-state index is -1.28. The molecule has 0 saturated carbocycles. The number of imide groups is 1. The van der Waals surface area contributed by atoms with Gasteiger partial charge in [0.15, 0.2) is 0 Å². The molecule has 4 amide bonds. The van der Waals surface area contributed by atoms with Crippen molar-refractivity contribution >= 4 is 56.6 Å². The Balaban J connectivity index is 1.58. The molecule has 3 aliphatic rings. The number of alkyl halides is 1. The average Bonchev–Trinajstić information content (AvgIpc) is 3.33. The molecule has 2 aromatic rings. The van der Waals surface area contributed by atoms with Crippen LogP contribution in [0.25, 0.3) is 0 Å². The first-order valence-electron chi connectivity index (χ1n) is 10.8. The van der Waals surface area contributed by atoms with Crippen LogP contribution in [0.15, 0.2) is 48.5 Å². The molecule has 170 valence electrons. The highest BCUT2D eigenvalue weighted by Gasteiger charge is 2.70. The molecule has 0 unspecified atom stereocenters. The molecule has 0 radical (unpaired) electrons. The van der Waals surface area contributed by atoms with Crippen LogP contribution in [0.5, 0.6) is 0 Å². The molecule has 0 bridgehead atoms. The summed E-state index contributed by atoms with van der Waals surface area (Å²) in [6.07, 6.45) is 0. The Hall–Kier alpha value is -3.04. The van der Waals surface area contributed by atoms with Gasteiger partial charge in [0.1, 0.15) is 5.54 Å². The van der Waals surface area contributed by atoms with E-state index in [0.29, 0.717) is 23.2 Å². The molecule has 2 saturated heterocycles. The van der Waals surface area contributed by atoms with Crippen LogP contribution in [0.2, 0.25) is 0 Å². The van der Waals surface area contributed by atoms with Crippen LogP contribution in [-0.4, -0.2) is 41.5 Å². The lowest BCUT2D eigenvalue weighted by atomic mass is 9.76. The quantitative estimate of drug-likeness (QED) is 0.486. The summed E-state index contributed by atoms with van der Waals surface area (Å²) in [6.45, 7) is 3.72. The standard InChI is InChI=1S/C24H23BrN4O4/c1-13-19-20(22(32)29(21(19)31)16-9-7-15(8-10-16)26-14(2)30)24(27-13)17-5-3-4-6-18(17)28(12-11-25)23(24)33/h3-10,13,19-20,27H,11-12H2,1-2H3,(H,26,30)/t13-,19-,20-,24-/m0/s1. The SMILES string of the molecule is CC(=O)Nc1ccc(N2C(=O)[C@H]3[C@H](C)N[C@]4(C(=O)N(CCBr)c5ccccc54)[C@@H]3C2=O)cc1. The first-order valence-corrected chi connectivity index (χ1v) is 11.9. The minimum Gasteiger partial charge on any atom is -0.326 e. The van der Waals surface area contributed by atoms with Gasteiger partial charge >= 0.3 is 0 Å². The van der Waals surface area contributed by atoms with Crippen molar-refractivity contribution in [2.75, 3.05) is 27.0 Å². The molecule has 0 aromatic heterocycles. The van der Waals surface area contributed by atoms with E-state index in [4.69, 9.17) is 0 Å². The summed E-state index contributed by atoms with van der Waals surface area (Å²) in [5.41, 5.74) is 1.22. The van der Waals surface area contributed by atoms with Crippen molar-refractivity contribution in [3.8, 4) is 0 Å². The summed E-state index contributed by atoms with van der Waals surface area (Å²) >= 11 is 3.42. The third kappa shape index (κ3) is 2.99. The van der Waals surface area contributed by atoms with Crippen molar-refractivity contribution in [2.45, 2.75) is 25.4 Å². The van der Waals surface area contributed by atoms with Crippen molar-refractivity contribution in [2.24, 2.45) is 11.8 Å². The van der Waals surface area contributed by atoms with Gasteiger partial charge in [-0.3, -0.25) is 24.5 Å². The van der Waals surface area contributed by atoms with E-state index in [1.807, 2.05) is 31.2 Å². The number of hydrogen-bond donors (Lipinski definition) is 2. The highest BCUT2D eigenvalue weighted by Crippen LogP contribution is 2.54. The average molecular weight is 511 g/mol. The van der Waals surface area contributed by atoms with Crippen molar-refractivity contribution in [1.82, 2.24) is 5.32 Å². The predicted octanol–water partition coefficient (Wildman–Crippen LogP) is 2.38. The molecule has 2 aromatic carbocycles. The number of fused-ring (bicyclic) bond motifs is 4. The number of rotatable bonds is 4. The van der Waals surface area contributed by atoms with Gasteiger partial charge in [-0.05, 0) is 37.3 Å². The lowest BCUT2D eigenvalue weighted by Gasteiger charge is -2.30. The van der Waals surface area contributed by atoms with Gasteiger partial charge in [0.05, 0.1) is 17.5 Å². The Bertz CT molecular complexity index is 1180. The second-order valence-electron chi connectivity index (χ2n) is 8.65. The maximum Gasteiger partial charge on any atom is 0.252 e. The summed E-state index contributed by atoms with van der Waals surface area (Å²) < 4.78 is 0. The van der Waals surface area contributed by atoms with E-state index in [-0.39, 0.29) is 23.8 Å². The molecule has 5 rings (SSSR count). The van der Waals surface area contributed by atoms with Gasteiger partial charge in [-0.25, -0.2) is 4.90 Å². The smallest absolute Gasteiger partial charge is 0.252 e. The summed E-state index contributed by atoms with van der Waals surface area (Å²) in [6, 6.07) is 13.7. The van der Waals surface area contributed by atoms with E-state index in [1.54, 1.807) is 29.2 Å². The number of para-hydroxylation sites is 1. The van der Waals surface area contributed by atoms with Crippen molar-refractivity contribution in [1.29, 1.82) is 0 Å². The van der Waals surface area contributed by atoms with Gasteiger partial charge in [0.2, 0.25) is 17.7 Å². The maximum atomic E-state index is 13.8. The summed E-state index contributed by atoms with van der Waals surface area (Å²) in [7, 11) is 0. The van der Waals surface area contributed by atoms with Crippen molar-refractivity contribution in [3.63, 3.8) is 0 Å². The zero-order valence-corrected chi connectivity index (χ0v) is 19.8. The van der Waals surface area contributed by atoms with Crippen LogP contribution >= 0.6 is 15.9 Å². The molecule has 8 nitrogen and oxygen atoms in total. The van der Waals surface area contributed by atoms with E-state index < -0.39 is 23.3 Å². The van der Waals surface area contributed by atoms with Crippen LogP contribution in [0.4, 0.5) is 17.1 Å². The number of hydrogen-bond acceptors (Lipinski definition) is 5. The second kappa shape index (κ2) is 7.78. The molecule has 1 spiro atoms. The number of carbonyl (C=O) groups excluding carboxylic acids is 4. The van der Waals surface area contributed by atoms with Crippen LogP contribution in [0, 0.1) is 11.8 Å². The number of nitrogens with zero attached hydrogens (tertiary/aromatic N) is 2. The number of nitrogens with one attached hydrogen (secondary N) is 2. The predicted molar refractivity (Wildman–Crippen MR) is 127 cm³/mol. The van der Waals surface area contributed by atoms with Crippen molar-refractivity contribution < 1.29 is 19.2 Å². The fraction of sp³-hybridized carbons (Fsp3) is 0.333. The Labute approximate surface area is 199 Å². The van der Waals surface area contributed by atoms with E-state index in [2.05, 4.69) is 26.6 Å². The molecular formula is C24H23BrN4O4. The van der Waals surface area contributed by atoms with Crippen molar-refractivity contribution in [3.05, 3.63) is 54.1 Å². The molecule has 9 heteroatoms. The van der Waals surface area contributed by atoms with E-state index >= 15 is 0 Å². The monoisotopic (exact) mass is 510 g/mol. The number of anilines is 3. The summed E-state index contributed by atoms with van der Waals surface area (Å²) in [5, 5.41) is 6.63. The Morgan fingerprint density at radius 3 is 2.45 bits per heavy atom. The van der Waals surface area contributed by atoms with Crippen LogP contribution in [0.3, 0.4) is 0 Å². The number of benzene rings is 2. The van der Waals surface area contributed by atoms with E-state index in [0.717, 1.165) is 11.3 Å². The highest BCUT2D eigenvalue weighted by atomic mass is 79.9.